The molecule has 8 nitrogen and oxygen atoms in total. The minimum atomic E-state index is -1.39. The number of aliphatic hydroxyl groups is 1. The van der Waals surface area contributed by atoms with Crippen LogP contribution in [0.5, 0.6) is 0 Å². The van der Waals surface area contributed by atoms with Crippen LogP contribution >= 0.6 is 0 Å². The van der Waals surface area contributed by atoms with Crippen LogP contribution in [0.3, 0.4) is 0 Å². The van der Waals surface area contributed by atoms with Crippen molar-refractivity contribution in [1.82, 2.24) is 0 Å². The lowest BCUT2D eigenvalue weighted by Crippen LogP contribution is -2.58. The zero-order chi connectivity index (χ0) is 39.8. The molecule has 8 heteroatoms. The van der Waals surface area contributed by atoms with Gasteiger partial charge in [-0.05, 0) is 64.7 Å². The Balaban J connectivity index is 1.45. The van der Waals surface area contributed by atoms with Crippen molar-refractivity contribution >= 4 is 17.9 Å². The smallest absolute Gasteiger partial charge is 0.306 e. The molecule has 0 aromatic heterocycles. The van der Waals surface area contributed by atoms with Gasteiger partial charge in [0, 0.05) is 38.5 Å². The van der Waals surface area contributed by atoms with E-state index in [-0.39, 0.29) is 36.1 Å². The molecule has 3 fully saturated rings. The van der Waals surface area contributed by atoms with Crippen LogP contribution in [-0.2, 0) is 33.3 Å². The average Bonchev–Trinajstić information content (AvgIpc) is 3.48. The van der Waals surface area contributed by atoms with Crippen molar-refractivity contribution in [2.24, 2.45) is 23.7 Å². The van der Waals surface area contributed by atoms with Crippen molar-refractivity contribution in [3.63, 3.8) is 0 Å². The van der Waals surface area contributed by atoms with Gasteiger partial charge in [0.25, 0.3) is 0 Å². The summed E-state index contributed by atoms with van der Waals surface area (Å²) in [5.74, 6) is -0.691. The summed E-state index contributed by atoms with van der Waals surface area (Å²) >= 11 is 0. The average molecular weight is 763 g/mol. The highest BCUT2D eigenvalue weighted by molar-refractivity contribution is 5.69. The van der Waals surface area contributed by atoms with E-state index in [0.717, 1.165) is 25.7 Å². The Labute approximate surface area is 330 Å². The van der Waals surface area contributed by atoms with E-state index >= 15 is 0 Å². The number of unbranched alkanes of at least 4 members (excludes halogenated alkanes) is 18. The molecule has 2 aliphatic heterocycles. The monoisotopic (exact) mass is 763 g/mol. The van der Waals surface area contributed by atoms with Gasteiger partial charge in [0.15, 0.2) is 0 Å². The molecular formula is C46H82O8. The van der Waals surface area contributed by atoms with Crippen LogP contribution in [0.4, 0.5) is 0 Å². The molecule has 2 heterocycles. The fourth-order valence-electron chi connectivity index (χ4n) is 10.5. The van der Waals surface area contributed by atoms with Crippen LogP contribution in [0.25, 0.3) is 0 Å². The number of rotatable bonds is 24. The molecule has 0 amide bonds. The SMILES string of the molecule is CCCCCCCCCCCCCCCCCCCCCC(=O)OC1CCC(C)(OC(C)=O)C2OC(CC1(C)O)C1C2C(C(C)C)CCC1(C)OC(C)=O. The number of carbonyl (C=O) groups excluding carboxylic acids is 3. The van der Waals surface area contributed by atoms with E-state index < -0.39 is 41.1 Å². The molecule has 9 unspecified atom stereocenters. The van der Waals surface area contributed by atoms with Crippen LogP contribution < -0.4 is 0 Å². The quantitative estimate of drug-likeness (QED) is 0.0588. The fourth-order valence-corrected chi connectivity index (χ4v) is 10.5. The molecular weight excluding hydrogens is 680 g/mol. The minimum Gasteiger partial charge on any atom is -0.459 e. The van der Waals surface area contributed by atoms with Crippen molar-refractivity contribution in [3.05, 3.63) is 0 Å². The Bertz CT molecular complexity index is 1120. The summed E-state index contributed by atoms with van der Waals surface area (Å²) in [5.41, 5.74) is -3.20. The summed E-state index contributed by atoms with van der Waals surface area (Å²) < 4.78 is 25.2. The van der Waals surface area contributed by atoms with Gasteiger partial charge in [-0.3, -0.25) is 14.4 Å². The molecule has 1 saturated carbocycles. The standard InChI is InChI=1S/C46H82O8/c1-9-10-11-12-13-14-15-16-17-18-19-20-21-22-23-24-25-26-27-28-40(49)52-39-30-32-46(8,54-36(5)48)43-41-37(34(2)3)29-31-45(7,53-35(4)47)42(41)38(51-43)33-44(39,6)50/h34,37-39,41-43,50H,9-33H2,1-8H3. The lowest BCUT2D eigenvalue weighted by molar-refractivity contribution is -0.185. The molecule has 0 aromatic rings. The first-order valence-corrected chi connectivity index (χ1v) is 22.6. The van der Waals surface area contributed by atoms with Crippen molar-refractivity contribution in [1.29, 1.82) is 0 Å². The Kier molecular flexibility index (Phi) is 19.8. The van der Waals surface area contributed by atoms with Crippen molar-refractivity contribution < 1.29 is 38.4 Å². The largest absolute Gasteiger partial charge is 0.459 e. The lowest BCUT2D eigenvalue weighted by Gasteiger charge is -2.51. The van der Waals surface area contributed by atoms with Crippen LogP contribution in [0.1, 0.15) is 216 Å². The first kappa shape index (κ1) is 46.7. The number of esters is 3. The van der Waals surface area contributed by atoms with Gasteiger partial charge in [-0.25, -0.2) is 0 Å². The van der Waals surface area contributed by atoms with Crippen molar-refractivity contribution in [3.8, 4) is 0 Å². The van der Waals surface area contributed by atoms with Gasteiger partial charge in [0.05, 0.1) is 6.10 Å². The van der Waals surface area contributed by atoms with Gasteiger partial charge in [-0.1, -0.05) is 136 Å². The van der Waals surface area contributed by atoms with E-state index in [0.29, 0.717) is 31.6 Å². The molecule has 314 valence electrons. The van der Waals surface area contributed by atoms with Crippen LogP contribution in [-0.4, -0.2) is 58.1 Å². The van der Waals surface area contributed by atoms with Crippen LogP contribution in [0, 0.1) is 23.7 Å². The number of hydrogen-bond acceptors (Lipinski definition) is 8. The molecule has 2 saturated heterocycles. The van der Waals surface area contributed by atoms with Crippen molar-refractivity contribution in [2.45, 2.75) is 251 Å². The zero-order valence-corrected chi connectivity index (χ0v) is 36.0. The maximum atomic E-state index is 13.2. The van der Waals surface area contributed by atoms with Gasteiger partial charge >= 0.3 is 17.9 Å². The third-order valence-corrected chi connectivity index (χ3v) is 13.3. The van der Waals surface area contributed by atoms with E-state index in [1.807, 2.05) is 13.8 Å². The molecule has 54 heavy (non-hydrogen) atoms. The maximum absolute atomic E-state index is 13.2. The summed E-state index contributed by atoms with van der Waals surface area (Å²) in [6.45, 7) is 15.2. The zero-order valence-electron chi connectivity index (χ0n) is 36.0. The Morgan fingerprint density at radius 2 is 1.13 bits per heavy atom. The van der Waals surface area contributed by atoms with Gasteiger partial charge in [-0.15, -0.1) is 0 Å². The molecule has 3 aliphatic rings. The summed E-state index contributed by atoms with van der Waals surface area (Å²) in [5, 5.41) is 12.1. The molecule has 0 spiro atoms. The molecule has 9 atom stereocenters. The van der Waals surface area contributed by atoms with Crippen molar-refractivity contribution in [2.75, 3.05) is 0 Å². The molecule has 0 aromatic carbocycles. The minimum absolute atomic E-state index is 0.0401. The summed E-state index contributed by atoms with van der Waals surface area (Å²) in [6, 6.07) is 0. The topological polar surface area (TPSA) is 108 Å². The Morgan fingerprint density at radius 3 is 1.59 bits per heavy atom. The fraction of sp³-hybridized carbons (Fsp3) is 0.935. The Hall–Kier alpha value is -1.67. The number of fused-ring (bicyclic) bond motifs is 5. The van der Waals surface area contributed by atoms with E-state index in [1.165, 1.54) is 117 Å². The van der Waals surface area contributed by atoms with Gasteiger partial charge < -0.3 is 24.1 Å². The third kappa shape index (κ3) is 14.4. The first-order valence-electron chi connectivity index (χ1n) is 22.6. The first-order chi connectivity index (χ1) is 25.6. The van der Waals surface area contributed by atoms with Crippen LogP contribution in [0.2, 0.25) is 0 Å². The molecule has 2 bridgehead atoms. The highest BCUT2D eigenvalue weighted by atomic mass is 16.6. The number of hydrogen-bond donors (Lipinski definition) is 1. The van der Waals surface area contributed by atoms with Crippen LogP contribution in [0.15, 0.2) is 0 Å². The summed E-state index contributed by atoms with van der Waals surface area (Å²) in [4.78, 5) is 38.2. The highest BCUT2D eigenvalue weighted by Crippen LogP contribution is 2.58. The van der Waals surface area contributed by atoms with E-state index in [9.17, 15) is 19.5 Å². The van der Waals surface area contributed by atoms with E-state index in [4.69, 9.17) is 18.9 Å². The number of ether oxygens (including phenoxy) is 4. The van der Waals surface area contributed by atoms with Gasteiger partial charge in [-0.2, -0.15) is 0 Å². The van der Waals surface area contributed by atoms with Gasteiger partial charge in [0.2, 0.25) is 0 Å². The predicted octanol–water partition coefficient (Wildman–Crippen LogP) is 11.4. The third-order valence-electron chi connectivity index (χ3n) is 13.3. The van der Waals surface area contributed by atoms with E-state index in [1.54, 1.807) is 6.92 Å². The van der Waals surface area contributed by atoms with Gasteiger partial charge in [0.1, 0.15) is 29.0 Å². The van der Waals surface area contributed by atoms with E-state index in [2.05, 4.69) is 20.8 Å². The summed E-state index contributed by atoms with van der Waals surface area (Å²) in [6.07, 6.45) is 25.8. The second-order valence-corrected chi connectivity index (χ2v) is 18.6. The maximum Gasteiger partial charge on any atom is 0.306 e. The molecule has 1 N–H and O–H groups in total. The summed E-state index contributed by atoms with van der Waals surface area (Å²) in [7, 11) is 0. The second kappa shape index (κ2) is 22.9. The second-order valence-electron chi connectivity index (χ2n) is 18.6. The lowest BCUT2D eigenvalue weighted by atomic mass is 9.57. The predicted molar refractivity (Wildman–Crippen MR) is 216 cm³/mol. The normalized spacial score (nSPS) is 32.3. The highest BCUT2D eigenvalue weighted by Gasteiger charge is 2.65. The molecule has 1 aliphatic carbocycles. The number of carbonyl (C=O) groups is 3. The molecule has 3 rings (SSSR count). The Morgan fingerprint density at radius 1 is 0.685 bits per heavy atom. The molecule has 0 radical (unpaired) electrons.